The molecule has 1 aliphatic rings. The van der Waals surface area contributed by atoms with Crippen molar-refractivity contribution in [3.63, 3.8) is 0 Å². The van der Waals surface area contributed by atoms with E-state index >= 15 is 0 Å². The Kier molecular flexibility index (Phi) is 3.88. The van der Waals surface area contributed by atoms with E-state index in [0.29, 0.717) is 32.5 Å². The van der Waals surface area contributed by atoms with Gasteiger partial charge in [0, 0.05) is 19.8 Å². The molecule has 84 valence electrons. The fraction of sp³-hybridized carbons (Fsp3) is 1.00. The second kappa shape index (κ2) is 4.57. The third-order valence-electron chi connectivity index (χ3n) is 2.68. The topological polar surface area (TPSA) is 83.8 Å². The molecule has 1 saturated heterocycles. The number of ether oxygens (including phenoxy) is 1. The average molecular weight is 224 g/mol. The summed E-state index contributed by atoms with van der Waals surface area (Å²) in [4.78, 5) is 0. The van der Waals surface area contributed by atoms with E-state index in [9.17, 15) is 8.42 Å². The lowest BCUT2D eigenvalue weighted by molar-refractivity contribution is 0.0132. The van der Waals surface area contributed by atoms with Crippen molar-refractivity contribution in [3.8, 4) is 0 Å². The Labute approximate surface area is 83.8 Å². The molecule has 0 bridgehead atoms. The van der Waals surface area contributed by atoms with Crippen molar-refractivity contribution < 1.29 is 22.8 Å². The zero-order valence-corrected chi connectivity index (χ0v) is 8.79. The maximum atomic E-state index is 10.8. The van der Waals surface area contributed by atoms with Gasteiger partial charge in [0.1, 0.15) is 0 Å². The zero-order chi connectivity index (χ0) is 10.7. The first-order chi connectivity index (χ1) is 6.47. The van der Waals surface area contributed by atoms with Gasteiger partial charge in [0.05, 0.1) is 5.75 Å². The van der Waals surface area contributed by atoms with Crippen molar-refractivity contribution in [1.82, 2.24) is 0 Å². The summed E-state index contributed by atoms with van der Waals surface area (Å²) in [7, 11) is -3.97. The summed E-state index contributed by atoms with van der Waals surface area (Å²) >= 11 is 0. The van der Waals surface area contributed by atoms with Crippen LogP contribution < -0.4 is 0 Å². The lowest BCUT2D eigenvalue weighted by Crippen LogP contribution is -2.36. The Morgan fingerprint density at radius 1 is 1.29 bits per heavy atom. The third kappa shape index (κ3) is 3.53. The van der Waals surface area contributed by atoms with Gasteiger partial charge >= 0.3 is 0 Å². The van der Waals surface area contributed by atoms with Crippen molar-refractivity contribution in [2.45, 2.75) is 19.3 Å². The highest BCUT2D eigenvalue weighted by atomic mass is 32.2. The van der Waals surface area contributed by atoms with Crippen LogP contribution in [-0.4, -0.2) is 43.7 Å². The molecule has 5 nitrogen and oxygen atoms in total. The smallest absolute Gasteiger partial charge is 0.265 e. The van der Waals surface area contributed by atoms with Crippen molar-refractivity contribution >= 4 is 10.1 Å². The molecular formula is C8H16O5S. The van der Waals surface area contributed by atoms with E-state index in [1.807, 2.05) is 0 Å². The molecule has 0 aromatic heterocycles. The molecule has 0 amide bonds. The SMILES string of the molecule is O=S(=O)(O)CC1(CCO)CCOCC1. The van der Waals surface area contributed by atoms with Gasteiger partial charge in [-0.3, -0.25) is 4.55 Å². The summed E-state index contributed by atoms with van der Waals surface area (Å²) in [6.07, 6.45) is 1.55. The molecule has 1 fully saturated rings. The van der Waals surface area contributed by atoms with Crippen LogP contribution in [0.15, 0.2) is 0 Å². The maximum Gasteiger partial charge on any atom is 0.265 e. The van der Waals surface area contributed by atoms with E-state index in [2.05, 4.69) is 0 Å². The molecule has 0 atom stereocenters. The minimum Gasteiger partial charge on any atom is -0.396 e. The standard InChI is InChI=1S/C8H16O5S/c9-4-1-8(7-14(10,11)12)2-5-13-6-3-8/h9H,1-7H2,(H,10,11,12). The zero-order valence-electron chi connectivity index (χ0n) is 7.98. The fourth-order valence-corrected chi connectivity index (χ4v) is 3.10. The Bertz CT molecular complexity index is 260. The molecule has 1 heterocycles. The van der Waals surface area contributed by atoms with Crippen LogP contribution in [0.3, 0.4) is 0 Å². The number of rotatable bonds is 4. The van der Waals surface area contributed by atoms with E-state index in [4.69, 9.17) is 14.4 Å². The monoisotopic (exact) mass is 224 g/mol. The van der Waals surface area contributed by atoms with Gasteiger partial charge in [-0.05, 0) is 24.7 Å². The molecule has 0 radical (unpaired) electrons. The molecule has 0 unspecified atom stereocenters. The van der Waals surface area contributed by atoms with Crippen LogP contribution in [0.1, 0.15) is 19.3 Å². The molecule has 1 rings (SSSR count). The molecule has 0 aliphatic carbocycles. The molecule has 0 spiro atoms. The lowest BCUT2D eigenvalue weighted by atomic mass is 9.79. The number of hydrogen-bond acceptors (Lipinski definition) is 4. The molecule has 14 heavy (non-hydrogen) atoms. The minimum absolute atomic E-state index is 0.0600. The van der Waals surface area contributed by atoms with E-state index in [0.717, 1.165) is 0 Å². The average Bonchev–Trinajstić information content (AvgIpc) is 2.02. The predicted octanol–water partition coefficient (Wildman–Crippen LogP) is 0.0534. The Morgan fingerprint density at radius 2 is 1.86 bits per heavy atom. The Balaban J connectivity index is 2.70. The number of aliphatic hydroxyl groups is 1. The number of hydrogen-bond donors (Lipinski definition) is 2. The lowest BCUT2D eigenvalue weighted by Gasteiger charge is -2.35. The van der Waals surface area contributed by atoms with Crippen molar-refractivity contribution in [2.75, 3.05) is 25.6 Å². The third-order valence-corrected chi connectivity index (χ3v) is 3.66. The highest BCUT2D eigenvalue weighted by Crippen LogP contribution is 2.35. The molecule has 1 aliphatic heterocycles. The first-order valence-electron chi connectivity index (χ1n) is 4.61. The maximum absolute atomic E-state index is 10.8. The van der Waals surface area contributed by atoms with E-state index in [1.165, 1.54) is 0 Å². The summed E-state index contributed by atoms with van der Waals surface area (Å²) in [6.45, 7) is 0.931. The van der Waals surface area contributed by atoms with Crippen LogP contribution in [0.25, 0.3) is 0 Å². The number of aliphatic hydroxyl groups excluding tert-OH is 1. The molecule has 0 aromatic rings. The normalized spacial score (nSPS) is 22.1. The summed E-state index contributed by atoms with van der Waals surface area (Å²) in [5.74, 6) is -0.274. The Morgan fingerprint density at radius 3 is 2.29 bits per heavy atom. The summed E-state index contributed by atoms with van der Waals surface area (Å²) in [6, 6.07) is 0. The molecular weight excluding hydrogens is 208 g/mol. The van der Waals surface area contributed by atoms with Gasteiger partial charge < -0.3 is 9.84 Å². The van der Waals surface area contributed by atoms with E-state index < -0.39 is 15.5 Å². The molecule has 0 saturated carbocycles. The van der Waals surface area contributed by atoms with E-state index in [-0.39, 0.29) is 12.4 Å². The van der Waals surface area contributed by atoms with Gasteiger partial charge in [-0.1, -0.05) is 0 Å². The first-order valence-corrected chi connectivity index (χ1v) is 6.22. The van der Waals surface area contributed by atoms with Gasteiger partial charge in [0.15, 0.2) is 0 Å². The van der Waals surface area contributed by atoms with Crippen LogP contribution >= 0.6 is 0 Å². The summed E-state index contributed by atoms with van der Waals surface area (Å²) in [5, 5.41) is 8.86. The van der Waals surface area contributed by atoms with Crippen LogP contribution in [0.4, 0.5) is 0 Å². The van der Waals surface area contributed by atoms with Crippen molar-refractivity contribution in [2.24, 2.45) is 5.41 Å². The largest absolute Gasteiger partial charge is 0.396 e. The van der Waals surface area contributed by atoms with Crippen molar-refractivity contribution in [1.29, 1.82) is 0 Å². The molecule has 0 aromatic carbocycles. The predicted molar refractivity (Wildman–Crippen MR) is 50.6 cm³/mol. The Hall–Kier alpha value is -0.170. The van der Waals surface area contributed by atoms with Crippen LogP contribution in [0.2, 0.25) is 0 Å². The second-order valence-corrected chi connectivity index (χ2v) is 5.26. The van der Waals surface area contributed by atoms with Gasteiger partial charge in [-0.15, -0.1) is 0 Å². The van der Waals surface area contributed by atoms with Gasteiger partial charge in [0.25, 0.3) is 10.1 Å². The van der Waals surface area contributed by atoms with Gasteiger partial charge in [0.2, 0.25) is 0 Å². The van der Waals surface area contributed by atoms with Crippen LogP contribution in [0.5, 0.6) is 0 Å². The fourth-order valence-electron chi connectivity index (χ4n) is 1.90. The van der Waals surface area contributed by atoms with Gasteiger partial charge in [-0.2, -0.15) is 8.42 Å². The highest BCUT2D eigenvalue weighted by molar-refractivity contribution is 7.85. The van der Waals surface area contributed by atoms with Gasteiger partial charge in [-0.25, -0.2) is 0 Å². The van der Waals surface area contributed by atoms with E-state index in [1.54, 1.807) is 0 Å². The van der Waals surface area contributed by atoms with Crippen molar-refractivity contribution in [3.05, 3.63) is 0 Å². The molecule has 6 heteroatoms. The summed E-state index contributed by atoms with van der Waals surface area (Å²) < 4.78 is 35.6. The van der Waals surface area contributed by atoms with Crippen LogP contribution in [-0.2, 0) is 14.9 Å². The quantitative estimate of drug-likeness (QED) is 0.659. The first kappa shape index (κ1) is 11.9. The van der Waals surface area contributed by atoms with Crippen LogP contribution in [0, 0.1) is 5.41 Å². The minimum atomic E-state index is -3.97. The highest BCUT2D eigenvalue weighted by Gasteiger charge is 2.36. The summed E-state index contributed by atoms with van der Waals surface area (Å²) in [5.41, 5.74) is -0.499. The second-order valence-electron chi connectivity index (χ2n) is 3.81. The molecule has 2 N–H and O–H groups in total.